The Labute approximate surface area is 130 Å². The number of nitrogens with one attached hydrogen (secondary N) is 1. The molecule has 0 spiro atoms. The Kier molecular flexibility index (Phi) is 7.12. The molecule has 1 N–H and O–H groups in total. The highest BCUT2D eigenvalue weighted by molar-refractivity contribution is 5.04. The lowest BCUT2D eigenvalue weighted by Crippen LogP contribution is -2.47. The van der Waals surface area contributed by atoms with E-state index in [1.54, 1.807) is 0 Å². The Hall–Kier alpha value is -0.630. The SMILES string of the molecule is COC1(C)CCCN(CCCCC(C)(C#N)NC(C)C)C1. The summed E-state index contributed by atoms with van der Waals surface area (Å²) in [5.41, 5.74) is -0.365. The Bertz CT molecular complexity index is 352. The number of hydrogen-bond donors (Lipinski definition) is 1. The number of likely N-dealkylation sites (tertiary alicyclic amines) is 1. The van der Waals surface area contributed by atoms with E-state index in [4.69, 9.17) is 4.74 Å². The summed E-state index contributed by atoms with van der Waals surface area (Å²) in [7, 11) is 1.82. The maximum Gasteiger partial charge on any atom is 0.104 e. The molecule has 1 saturated heterocycles. The van der Waals surface area contributed by atoms with Crippen LogP contribution in [-0.4, -0.2) is 48.8 Å². The second kappa shape index (κ2) is 8.12. The first kappa shape index (κ1) is 18.4. The van der Waals surface area contributed by atoms with Gasteiger partial charge in [-0.25, -0.2) is 0 Å². The molecule has 1 aliphatic heterocycles. The molecule has 1 heterocycles. The summed E-state index contributed by atoms with van der Waals surface area (Å²) in [6.45, 7) is 11.7. The number of nitrogens with zero attached hydrogens (tertiary/aromatic N) is 2. The van der Waals surface area contributed by atoms with Crippen LogP contribution in [0.5, 0.6) is 0 Å². The van der Waals surface area contributed by atoms with Gasteiger partial charge in [-0.3, -0.25) is 5.32 Å². The van der Waals surface area contributed by atoms with E-state index >= 15 is 0 Å². The third-order valence-corrected chi connectivity index (χ3v) is 4.49. The quantitative estimate of drug-likeness (QED) is 0.699. The Morgan fingerprint density at radius 1 is 1.43 bits per heavy atom. The van der Waals surface area contributed by atoms with Crippen LogP contribution < -0.4 is 5.32 Å². The fraction of sp³-hybridized carbons (Fsp3) is 0.941. The van der Waals surface area contributed by atoms with Crippen LogP contribution in [0, 0.1) is 11.3 Å². The number of ether oxygens (including phenoxy) is 1. The molecule has 2 unspecified atom stereocenters. The van der Waals surface area contributed by atoms with Gasteiger partial charge in [0.2, 0.25) is 0 Å². The van der Waals surface area contributed by atoms with Crippen LogP contribution in [0.25, 0.3) is 0 Å². The number of unbranched alkanes of at least 4 members (excludes halogenated alkanes) is 1. The molecular weight excluding hydrogens is 262 g/mol. The predicted octanol–water partition coefficient (Wildman–Crippen LogP) is 2.94. The van der Waals surface area contributed by atoms with Crippen LogP contribution in [0.3, 0.4) is 0 Å². The Balaban J connectivity index is 2.29. The van der Waals surface area contributed by atoms with Gasteiger partial charge < -0.3 is 9.64 Å². The van der Waals surface area contributed by atoms with Gasteiger partial charge in [0.15, 0.2) is 0 Å². The molecule has 1 fully saturated rings. The largest absolute Gasteiger partial charge is 0.377 e. The zero-order chi connectivity index (χ0) is 15.9. The van der Waals surface area contributed by atoms with Gasteiger partial charge in [0.05, 0.1) is 11.7 Å². The van der Waals surface area contributed by atoms with Crippen molar-refractivity contribution in [2.24, 2.45) is 0 Å². The van der Waals surface area contributed by atoms with Gasteiger partial charge in [-0.05, 0) is 72.9 Å². The minimum absolute atomic E-state index is 0.0264. The fourth-order valence-electron chi connectivity index (χ4n) is 3.28. The average molecular weight is 295 g/mol. The molecule has 2 atom stereocenters. The number of methoxy groups -OCH3 is 1. The number of piperidine rings is 1. The van der Waals surface area contributed by atoms with Crippen LogP contribution in [0.15, 0.2) is 0 Å². The molecule has 4 heteroatoms. The average Bonchev–Trinajstić information content (AvgIpc) is 2.43. The van der Waals surface area contributed by atoms with Crippen molar-refractivity contribution in [1.82, 2.24) is 10.2 Å². The van der Waals surface area contributed by atoms with Gasteiger partial charge in [-0.2, -0.15) is 5.26 Å². The highest BCUT2D eigenvalue weighted by Crippen LogP contribution is 2.24. The van der Waals surface area contributed by atoms with Crippen molar-refractivity contribution in [3.63, 3.8) is 0 Å². The summed E-state index contributed by atoms with van der Waals surface area (Å²) in [6.07, 6.45) is 5.53. The van der Waals surface area contributed by atoms with Gasteiger partial charge in [0.1, 0.15) is 5.54 Å². The minimum atomic E-state index is -0.392. The normalized spacial score (nSPS) is 26.5. The monoisotopic (exact) mass is 295 g/mol. The van der Waals surface area contributed by atoms with E-state index < -0.39 is 5.54 Å². The fourth-order valence-corrected chi connectivity index (χ4v) is 3.28. The first-order valence-corrected chi connectivity index (χ1v) is 8.29. The summed E-state index contributed by atoms with van der Waals surface area (Å²) in [6, 6.07) is 2.77. The predicted molar refractivity (Wildman–Crippen MR) is 87.2 cm³/mol. The van der Waals surface area contributed by atoms with E-state index in [1.807, 2.05) is 14.0 Å². The standard InChI is InChI=1S/C17H33N3O/c1-15(2)19-16(3,13-18)9-6-7-11-20-12-8-10-17(4,14-20)21-5/h15,19H,6-12,14H2,1-5H3. The molecule has 0 aromatic heterocycles. The van der Waals surface area contributed by atoms with E-state index in [0.717, 1.165) is 38.8 Å². The van der Waals surface area contributed by atoms with Crippen molar-refractivity contribution in [3.05, 3.63) is 0 Å². The maximum absolute atomic E-state index is 9.34. The van der Waals surface area contributed by atoms with E-state index in [2.05, 4.69) is 37.1 Å². The zero-order valence-corrected chi connectivity index (χ0v) is 14.5. The van der Waals surface area contributed by atoms with Crippen molar-refractivity contribution >= 4 is 0 Å². The third-order valence-electron chi connectivity index (χ3n) is 4.49. The van der Waals surface area contributed by atoms with E-state index in [-0.39, 0.29) is 5.60 Å². The summed E-state index contributed by atoms with van der Waals surface area (Å²) in [5.74, 6) is 0. The Morgan fingerprint density at radius 2 is 2.14 bits per heavy atom. The van der Waals surface area contributed by atoms with Crippen molar-refractivity contribution in [2.75, 3.05) is 26.7 Å². The highest BCUT2D eigenvalue weighted by Gasteiger charge is 2.30. The smallest absolute Gasteiger partial charge is 0.104 e. The van der Waals surface area contributed by atoms with Gasteiger partial charge in [-0.1, -0.05) is 0 Å². The molecule has 0 aromatic carbocycles. The number of hydrogen-bond acceptors (Lipinski definition) is 4. The van der Waals surface area contributed by atoms with Crippen LogP contribution in [-0.2, 0) is 4.74 Å². The molecule has 0 bridgehead atoms. The second-order valence-corrected chi connectivity index (χ2v) is 7.23. The topological polar surface area (TPSA) is 48.3 Å². The summed E-state index contributed by atoms with van der Waals surface area (Å²) < 4.78 is 5.64. The van der Waals surface area contributed by atoms with Crippen molar-refractivity contribution in [2.45, 2.75) is 77.0 Å². The molecule has 0 aliphatic carbocycles. The maximum atomic E-state index is 9.34. The lowest BCUT2D eigenvalue weighted by atomic mass is 9.93. The van der Waals surface area contributed by atoms with Crippen LogP contribution >= 0.6 is 0 Å². The van der Waals surface area contributed by atoms with E-state index in [9.17, 15) is 5.26 Å². The van der Waals surface area contributed by atoms with Crippen LogP contribution in [0.1, 0.15) is 59.8 Å². The first-order valence-electron chi connectivity index (χ1n) is 8.29. The highest BCUT2D eigenvalue weighted by atomic mass is 16.5. The Morgan fingerprint density at radius 3 is 2.71 bits per heavy atom. The molecule has 21 heavy (non-hydrogen) atoms. The van der Waals surface area contributed by atoms with Crippen LogP contribution in [0.4, 0.5) is 0 Å². The number of nitriles is 1. The van der Waals surface area contributed by atoms with E-state index in [0.29, 0.717) is 6.04 Å². The molecule has 1 aliphatic rings. The van der Waals surface area contributed by atoms with Gasteiger partial charge >= 0.3 is 0 Å². The second-order valence-electron chi connectivity index (χ2n) is 7.23. The van der Waals surface area contributed by atoms with Crippen molar-refractivity contribution in [1.29, 1.82) is 5.26 Å². The van der Waals surface area contributed by atoms with Crippen LogP contribution in [0.2, 0.25) is 0 Å². The van der Waals surface area contributed by atoms with Crippen molar-refractivity contribution in [3.8, 4) is 6.07 Å². The summed E-state index contributed by atoms with van der Waals surface area (Å²) in [4.78, 5) is 2.51. The molecule has 0 radical (unpaired) electrons. The molecule has 1 rings (SSSR count). The third kappa shape index (κ3) is 6.34. The minimum Gasteiger partial charge on any atom is -0.377 e. The molecule has 0 amide bonds. The van der Waals surface area contributed by atoms with Gasteiger partial charge in [0, 0.05) is 19.7 Å². The molecule has 4 nitrogen and oxygen atoms in total. The molecule has 0 aromatic rings. The van der Waals surface area contributed by atoms with Gasteiger partial charge in [-0.15, -0.1) is 0 Å². The zero-order valence-electron chi connectivity index (χ0n) is 14.5. The molecular formula is C17H33N3O. The first-order chi connectivity index (χ1) is 9.82. The summed E-state index contributed by atoms with van der Waals surface area (Å²) >= 11 is 0. The van der Waals surface area contributed by atoms with Crippen molar-refractivity contribution < 1.29 is 4.74 Å². The van der Waals surface area contributed by atoms with E-state index in [1.165, 1.54) is 13.0 Å². The molecule has 122 valence electrons. The summed E-state index contributed by atoms with van der Waals surface area (Å²) in [5, 5.41) is 12.7. The lowest BCUT2D eigenvalue weighted by Gasteiger charge is -2.39. The lowest BCUT2D eigenvalue weighted by molar-refractivity contribution is -0.0508. The number of rotatable bonds is 8. The molecule has 0 saturated carbocycles. The van der Waals surface area contributed by atoms with Gasteiger partial charge in [0.25, 0.3) is 0 Å².